The Bertz CT molecular complexity index is 341. The number of ether oxygens (including phenoxy) is 1. The van der Waals surface area contributed by atoms with Crippen LogP contribution in [0.4, 0.5) is 0 Å². The molecule has 1 unspecified atom stereocenters. The van der Waals surface area contributed by atoms with Crippen LogP contribution < -0.4 is 10.6 Å². The Morgan fingerprint density at radius 3 is 2.67 bits per heavy atom. The third-order valence-electron chi connectivity index (χ3n) is 2.75. The summed E-state index contributed by atoms with van der Waals surface area (Å²) >= 11 is 0. The van der Waals surface area contributed by atoms with Crippen molar-refractivity contribution < 1.29 is 9.53 Å². The Labute approximate surface area is 109 Å². The second-order valence-corrected chi connectivity index (χ2v) is 4.10. The van der Waals surface area contributed by atoms with Crippen molar-refractivity contribution >= 4 is 5.91 Å². The van der Waals surface area contributed by atoms with Gasteiger partial charge in [-0.1, -0.05) is 37.3 Å². The highest BCUT2D eigenvalue weighted by Gasteiger charge is 2.09. The zero-order valence-electron chi connectivity index (χ0n) is 11.1. The lowest BCUT2D eigenvalue weighted by Gasteiger charge is -2.17. The third kappa shape index (κ3) is 5.29. The molecule has 1 atom stereocenters. The van der Waals surface area contributed by atoms with E-state index in [4.69, 9.17) is 4.74 Å². The van der Waals surface area contributed by atoms with Gasteiger partial charge >= 0.3 is 0 Å². The highest BCUT2D eigenvalue weighted by molar-refractivity contribution is 5.78. The first-order valence-corrected chi connectivity index (χ1v) is 6.32. The van der Waals surface area contributed by atoms with Crippen LogP contribution in [0.25, 0.3) is 0 Å². The Hall–Kier alpha value is -1.39. The smallest absolute Gasteiger partial charge is 0.234 e. The first-order valence-electron chi connectivity index (χ1n) is 6.32. The normalized spacial score (nSPS) is 12.1. The summed E-state index contributed by atoms with van der Waals surface area (Å²) in [5.41, 5.74) is 1.21. The molecule has 2 N–H and O–H groups in total. The molecule has 100 valence electrons. The average molecular weight is 250 g/mol. The number of benzene rings is 1. The predicted octanol–water partition coefficient (Wildman–Crippen LogP) is 1.49. The molecule has 1 rings (SSSR count). The van der Waals surface area contributed by atoms with E-state index in [-0.39, 0.29) is 11.9 Å². The first-order chi connectivity index (χ1) is 8.77. The lowest BCUT2D eigenvalue weighted by molar-refractivity contribution is -0.120. The molecule has 0 saturated heterocycles. The van der Waals surface area contributed by atoms with Crippen LogP contribution in [-0.2, 0) is 9.53 Å². The van der Waals surface area contributed by atoms with E-state index < -0.39 is 0 Å². The monoisotopic (exact) mass is 250 g/mol. The van der Waals surface area contributed by atoms with E-state index in [1.54, 1.807) is 7.11 Å². The quantitative estimate of drug-likeness (QED) is 0.687. The summed E-state index contributed by atoms with van der Waals surface area (Å²) in [5, 5.41) is 6.05. The molecular weight excluding hydrogens is 228 g/mol. The largest absolute Gasteiger partial charge is 0.383 e. The zero-order chi connectivity index (χ0) is 13.2. The number of carbonyl (C=O) groups is 1. The second-order valence-electron chi connectivity index (χ2n) is 4.10. The van der Waals surface area contributed by atoms with Crippen molar-refractivity contribution in [1.82, 2.24) is 10.6 Å². The van der Waals surface area contributed by atoms with Gasteiger partial charge in [0.2, 0.25) is 5.91 Å². The number of hydrogen-bond donors (Lipinski definition) is 2. The number of hydrogen-bond acceptors (Lipinski definition) is 3. The number of methoxy groups -OCH3 is 1. The van der Waals surface area contributed by atoms with Gasteiger partial charge in [0, 0.05) is 19.7 Å². The van der Waals surface area contributed by atoms with Crippen molar-refractivity contribution in [1.29, 1.82) is 0 Å². The number of amides is 1. The van der Waals surface area contributed by atoms with Gasteiger partial charge in [0.1, 0.15) is 0 Å². The van der Waals surface area contributed by atoms with Crippen LogP contribution in [0.5, 0.6) is 0 Å². The molecule has 0 aromatic heterocycles. The minimum absolute atomic E-state index is 0.00133. The number of nitrogens with one attached hydrogen (secondary N) is 2. The van der Waals surface area contributed by atoms with Crippen LogP contribution in [0.15, 0.2) is 30.3 Å². The molecule has 0 saturated carbocycles. The van der Waals surface area contributed by atoms with Crippen LogP contribution in [0.1, 0.15) is 24.9 Å². The molecule has 4 nitrogen and oxygen atoms in total. The molecule has 1 aromatic carbocycles. The zero-order valence-corrected chi connectivity index (χ0v) is 11.1. The molecule has 1 amide bonds. The fourth-order valence-corrected chi connectivity index (χ4v) is 1.75. The number of carbonyl (C=O) groups excluding carboxylic acids is 1. The van der Waals surface area contributed by atoms with Crippen molar-refractivity contribution in [3.05, 3.63) is 35.9 Å². The van der Waals surface area contributed by atoms with E-state index in [0.717, 1.165) is 6.42 Å². The minimum atomic E-state index is 0.00133. The van der Waals surface area contributed by atoms with Gasteiger partial charge in [-0.05, 0) is 12.0 Å². The van der Waals surface area contributed by atoms with Crippen LogP contribution in [0, 0.1) is 0 Å². The summed E-state index contributed by atoms with van der Waals surface area (Å²) in [6, 6.07) is 10.4. The molecule has 18 heavy (non-hydrogen) atoms. The summed E-state index contributed by atoms with van der Waals surface area (Å²) in [6.45, 7) is 3.53. The van der Waals surface area contributed by atoms with E-state index >= 15 is 0 Å². The molecule has 0 bridgehead atoms. The van der Waals surface area contributed by atoms with Gasteiger partial charge in [-0.15, -0.1) is 0 Å². The standard InChI is InChI=1S/C14H22N2O2/c1-3-13(12-7-5-4-6-8-12)16-11-14(17)15-9-10-18-2/h4-8,13,16H,3,9-11H2,1-2H3,(H,15,17). The van der Waals surface area contributed by atoms with Gasteiger partial charge in [0.05, 0.1) is 13.2 Å². The molecular formula is C14H22N2O2. The van der Waals surface area contributed by atoms with E-state index in [2.05, 4.69) is 29.7 Å². The van der Waals surface area contributed by atoms with Crippen LogP contribution >= 0.6 is 0 Å². The summed E-state index contributed by atoms with van der Waals surface area (Å²) in [5.74, 6) is 0.00133. The Balaban J connectivity index is 2.34. The topological polar surface area (TPSA) is 50.4 Å². The number of rotatable bonds is 8. The van der Waals surface area contributed by atoms with E-state index in [1.165, 1.54) is 5.56 Å². The van der Waals surface area contributed by atoms with E-state index in [0.29, 0.717) is 19.7 Å². The van der Waals surface area contributed by atoms with Crippen molar-refractivity contribution in [2.24, 2.45) is 0 Å². The van der Waals surface area contributed by atoms with Crippen molar-refractivity contribution in [2.45, 2.75) is 19.4 Å². The first kappa shape index (κ1) is 14.7. The van der Waals surface area contributed by atoms with Gasteiger partial charge < -0.3 is 15.4 Å². The van der Waals surface area contributed by atoms with Crippen LogP contribution in [-0.4, -0.2) is 32.7 Å². The van der Waals surface area contributed by atoms with Crippen LogP contribution in [0.2, 0.25) is 0 Å². The maximum absolute atomic E-state index is 11.5. The van der Waals surface area contributed by atoms with E-state index in [1.807, 2.05) is 18.2 Å². The predicted molar refractivity (Wildman–Crippen MR) is 72.4 cm³/mol. The molecule has 0 aliphatic rings. The Morgan fingerprint density at radius 2 is 2.06 bits per heavy atom. The molecule has 0 heterocycles. The summed E-state index contributed by atoms with van der Waals surface area (Å²) < 4.78 is 4.87. The van der Waals surface area contributed by atoms with Gasteiger partial charge in [-0.2, -0.15) is 0 Å². The highest BCUT2D eigenvalue weighted by atomic mass is 16.5. The molecule has 0 aliphatic carbocycles. The van der Waals surface area contributed by atoms with E-state index in [9.17, 15) is 4.79 Å². The third-order valence-corrected chi connectivity index (χ3v) is 2.75. The Morgan fingerprint density at radius 1 is 1.33 bits per heavy atom. The SMILES string of the molecule is CCC(NCC(=O)NCCOC)c1ccccc1. The highest BCUT2D eigenvalue weighted by Crippen LogP contribution is 2.15. The van der Waals surface area contributed by atoms with Crippen LogP contribution in [0.3, 0.4) is 0 Å². The second kappa shape index (κ2) is 8.66. The van der Waals surface area contributed by atoms with Crippen molar-refractivity contribution in [3.8, 4) is 0 Å². The van der Waals surface area contributed by atoms with Gasteiger partial charge in [-0.25, -0.2) is 0 Å². The van der Waals surface area contributed by atoms with Crippen molar-refractivity contribution in [2.75, 3.05) is 26.8 Å². The summed E-state index contributed by atoms with van der Waals surface area (Å²) in [6.07, 6.45) is 0.954. The van der Waals surface area contributed by atoms with Gasteiger partial charge in [-0.3, -0.25) is 4.79 Å². The fraction of sp³-hybridized carbons (Fsp3) is 0.500. The molecule has 4 heteroatoms. The lowest BCUT2D eigenvalue weighted by Crippen LogP contribution is -2.37. The molecule has 0 fully saturated rings. The summed E-state index contributed by atoms with van der Waals surface area (Å²) in [7, 11) is 1.62. The van der Waals surface area contributed by atoms with Crippen molar-refractivity contribution in [3.63, 3.8) is 0 Å². The van der Waals surface area contributed by atoms with Gasteiger partial charge in [0.15, 0.2) is 0 Å². The summed E-state index contributed by atoms with van der Waals surface area (Å²) in [4.78, 5) is 11.5. The average Bonchev–Trinajstić information content (AvgIpc) is 2.41. The molecule has 0 aliphatic heterocycles. The Kier molecular flexibility index (Phi) is 7.06. The molecule has 0 radical (unpaired) electrons. The molecule has 0 spiro atoms. The maximum atomic E-state index is 11.5. The van der Waals surface area contributed by atoms with Gasteiger partial charge in [0.25, 0.3) is 0 Å². The lowest BCUT2D eigenvalue weighted by atomic mass is 10.0. The fourth-order valence-electron chi connectivity index (χ4n) is 1.75. The maximum Gasteiger partial charge on any atom is 0.234 e. The molecule has 1 aromatic rings. The minimum Gasteiger partial charge on any atom is -0.383 e.